The Kier molecular flexibility index (Phi) is 4.36. The van der Waals surface area contributed by atoms with Gasteiger partial charge in [-0.25, -0.2) is 4.39 Å². The van der Waals surface area contributed by atoms with Gasteiger partial charge in [0, 0.05) is 25.2 Å². The molecule has 100 valence electrons. The van der Waals surface area contributed by atoms with E-state index >= 15 is 0 Å². The maximum absolute atomic E-state index is 13.4. The van der Waals surface area contributed by atoms with Crippen LogP contribution in [0.25, 0.3) is 0 Å². The van der Waals surface area contributed by atoms with Crippen molar-refractivity contribution < 1.29 is 4.39 Å². The van der Waals surface area contributed by atoms with Crippen molar-refractivity contribution in [1.82, 2.24) is 4.90 Å². The highest BCUT2D eigenvalue weighted by Crippen LogP contribution is 2.25. The minimum Gasteiger partial charge on any atom is -0.326 e. The number of likely N-dealkylation sites (tertiary alicyclic amines) is 1. The van der Waals surface area contributed by atoms with E-state index in [1.165, 1.54) is 18.1 Å². The van der Waals surface area contributed by atoms with Crippen LogP contribution in [0.3, 0.4) is 0 Å². The van der Waals surface area contributed by atoms with Gasteiger partial charge in [-0.05, 0) is 36.4 Å². The second-order valence-electron chi connectivity index (χ2n) is 5.66. The lowest BCUT2D eigenvalue weighted by molar-refractivity contribution is 0.296. The van der Waals surface area contributed by atoms with Gasteiger partial charge in [-0.3, -0.25) is 4.90 Å². The molecule has 0 bridgehead atoms. The summed E-state index contributed by atoms with van der Waals surface area (Å²) in [5.41, 5.74) is 7.32. The van der Waals surface area contributed by atoms with E-state index in [1.807, 2.05) is 12.1 Å². The van der Waals surface area contributed by atoms with Gasteiger partial charge < -0.3 is 5.73 Å². The molecule has 1 aromatic carbocycles. The lowest BCUT2D eigenvalue weighted by Gasteiger charge is -2.18. The van der Waals surface area contributed by atoms with Crippen molar-refractivity contribution in [1.29, 1.82) is 0 Å². The van der Waals surface area contributed by atoms with Crippen LogP contribution in [0.15, 0.2) is 18.2 Å². The first kappa shape index (κ1) is 13.5. The number of rotatable bonds is 4. The second kappa shape index (κ2) is 5.81. The van der Waals surface area contributed by atoms with Crippen LogP contribution < -0.4 is 5.73 Å². The van der Waals surface area contributed by atoms with Crippen molar-refractivity contribution in [3.8, 4) is 0 Å². The summed E-state index contributed by atoms with van der Waals surface area (Å²) in [6, 6.07) is 5.31. The Hall–Kier alpha value is -0.930. The molecular weight excluding hydrogens is 227 g/mol. The first-order chi connectivity index (χ1) is 8.60. The predicted octanol–water partition coefficient (Wildman–Crippen LogP) is 2.76. The normalized spacial score (nSPS) is 20.8. The lowest BCUT2D eigenvalue weighted by Crippen LogP contribution is -2.21. The highest BCUT2D eigenvalue weighted by atomic mass is 19.1. The third-order valence-corrected chi connectivity index (χ3v) is 3.99. The quantitative estimate of drug-likeness (QED) is 0.890. The zero-order valence-corrected chi connectivity index (χ0v) is 11.3. The van der Waals surface area contributed by atoms with E-state index in [4.69, 9.17) is 5.73 Å². The van der Waals surface area contributed by atoms with Crippen molar-refractivity contribution in [2.75, 3.05) is 13.1 Å². The fourth-order valence-corrected chi connectivity index (χ4v) is 2.69. The average molecular weight is 250 g/mol. The van der Waals surface area contributed by atoms with Gasteiger partial charge in [0.1, 0.15) is 5.82 Å². The van der Waals surface area contributed by atoms with E-state index in [9.17, 15) is 4.39 Å². The van der Waals surface area contributed by atoms with Gasteiger partial charge in [0.25, 0.3) is 0 Å². The zero-order chi connectivity index (χ0) is 13.1. The van der Waals surface area contributed by atoms with Gasteiger partial charge in [0.15, 0.2) is 0 Å². The van der Waals surface area contributed by atoms with Crippen LogP contribution in [-0.2, 0) is 13.1 Å². The minimum absolute atomic E-state index is 0.192. The Balaban J connectivity index is 1.98. The number of nitrogens with two attached hydrogens (primary N) is 1. The average Bonchev–Trinajstić information content (AvgIpc) is 2.80. The molecule has 1 unspecified atom stereocenters. The lowest BCUT2D eigenvalue weighted by atomic mass is 9.95. The van der Waals surface area contributed by atoms with E-state index in [-0.39, 0.29) is 12.4 Å². The molecule has 1 saturated heterocycles. The molecule has 3 heteroatoms. The van der Waals surface area contributed by atoms with Gasteiger partial charge in [-0.2, -0.15) is 0 Å². The van der Waals surface area contributed by atoms with Crippen LogP contribution in [0.1, 0.15) is 31.4 Å². The van der Waals surface area contributed by atoms with E-state index in [0.717, 1.165) is 31.5 Å². The fraction of sp³-hybridized carbons (Fsp3) is 0.600. The first-order valence-electron chi connectivity index (χ1n) is 6.80. The van der Waals surface area contributed by atoms with E-state index in [2.05, 4.69) is 18.7 Å². The number of halogens is 1. The number of benzene rings is 1. The maximum atomic E-state index is 13.4. The Labute approximate surface area is 109 Å². The molecule has 0 spiro atoms. The topological polar surface area (TPSA) is 29.3 Å². The highest BCUT2D eigenvalue weighted by molar-refractivity contribution is 5.25. The van der Waals surface area contributed by atoms with Crippen molar-refractivity contribution in [3.05, 3.63) is 35.1 Å². The third kappa shape index (κ3) is 3.09. The zero-order valence-electron chi connectivity index (χ0n) is 11.3. The molecule has 0 saturated carbocycles. The first-order valence-corrected chi connectivity index (χ1v) is 6.80. The van der Waals surface area contributed by atoms with Crippen molar-refractivity contribution >= 4 is 0 Å². The molecule has 1 heterocycles. The van der Waals surface area contributed by atoms with Crippen LogP contribution in [0.5, 0.6) is 0 Å². The Morgan fingerprint density at radius 1 is 1.44 bits per heavy atom. The maximum Gasteiger partial charge on any atom is 0.127 e. The minimum atomic E-state index is -0.192. The monoisotopic (exact) mass is 250 g/mol. The van der Waals surface area contributed by atoms with Gasteiger partial charge in [0.2, 0.25) is 0 Å². The molecule has 0 aliphatic carbocycles. The fourth-order valence-electron chi connectivity index (χ4n) is 2.69. The van der Waals surface area contributed by atoms with Crippen molar-refractivity contribution in [2.45, 2.75) is 33.4 Å². The number of nitrogens with zero attached hydrogens (tertiary/aromatic N) is 1. The van der Waals surface area contributed by atoms with Crippen LogP contribution in [-0.4, -0.2) is 18.0 Å². The molecule has 0 radical (unpaired) electrons. The highest BCUT2D eigenvalue weighted by Gasteiger charge is 2.24. The van der Waals surface area contributed by atoms with Crippen LogP contribution >= 0.6 is 0 Å². The van der Waals surface area contributed by atoms with Crippen LogP contribution in [0.2, 0.25) is 0 Å². The molecule has 1 atom stereocenters. The Morgan fingerprint density at radius 3 is 2.83 bits per heavy atom. The molecule has 2 N–H and O–H groups in total. The summed E-state index contributed by atoms with van der Waals surface area (Å²) in [4.78, 5) is 2.46. The van der Waals surface area contributed by atoms with Crippen molar-refractivity contribution in [2.24, 2.45) is 17.6 Å². The van der Waals surface area contributed by atoms with E-state index in [0.29, 0.717) is 5.56 Å². The molecule has 18 heavy (non-hydrogen) atoms. The Bertz CT molecular complexity index is 403. The molecule has 2 nitrogen and oxygen atoms in total. The molecule has 1 aliphatic rings. The Morgan fingerprint density at radius 2 is 2.22 bits per heavy atom. The van der Waals surface area contributed by atoms with E-state index < -0.39 is 0 Å². The molecule has 1 fully saturated rings. The van der Waals surface area contributed by atoms with Crippen LogP contribution in [0.4, 0.5) is 4.39 Å². The molecule has 0 aromatic heterocycles. The summed E-state index contributed by atoms with van der Waals surface area (Å²) >= 11 is 0. The van der Waals surface area contributed by atoms with Gasteiger partial charge in [-0.1, -0.05) is 26.0 Å². The summed E-state index contributed by atoms with van der Waals surface area (Å²) in [5, 5.41) is 0. The smallest absolute Gasteiger partial charge is 0.127 e. The van der Waals surface area contributed by atoms with Crippen LogP contribution in [0, 0.1) is 17.7 Å². The largest absolute Gasteiger partial charge is 0.326 e. The summed E-state index contributed by atoms with van der Waals surface area (Å²) in [5.74, 6) is 1.37. The molecule has 1 aromatic rings. The van der Waals surface area contributed by atoms with Gasteiger partial charge in [0.05, 0.1) is 0 Å². The van der Waals surface area contributed by atoms with Gasteiger partial charge >= 0.3 is 0 Å². The van der Waals surface area contributed by atoms with E-state index in [1.54, 1.807) is 0 Å². The molecule has 2 rings (SSSR count). The number of hydrogen-bond donors (Lipinski definition) is 1. The summed E-state index contributed by atoms with van der Waals surface area (Å²) in [7, 11) is 0. The van der Waals surface area contributed by atoms with Gasteiger partial charge in [-0.15, -0.1) is 0 Å². The third-order valence-electron chi connectivity index (χ3n) is 3.99. The van der Waals surface area contributed by atoms with Crippen molar-refractivity contribution in [3.63, 3.8) is 0 Å². The predicted molar refractivity (Wildman–Crippen MR) is 72.5 cm³/mol. The SMILES string of the molecule is CC(C)C1CCN(Cc2ccc(F)c(CN)c2)C1. The summed E-state index contributed by atoms with van der Waals surface area (Å²) < 4.78 is 13.4. The number of hydrogen-bond acceptors (Lipinski definition) is 2. The summed E-state index contributed by atoms with van der Waals surface area (Å²) in [6.45, 7) is 8.08. The molecule has 0 amide bonds. The summed E-state index contributed by atoms with van der Waals surface area (Å²) in [6.07, 6.45) is 1.28. The molecule has 1 aliphatic heterocycles. The standard InChI is InChI=1S/C15H23FN2/c1-11(2)13-5-6-18(10-13)9-12-3-4-15(16)14(7-12)8-17/h3-4,7,11,13H,5-6,8-10,17H2,1-2H3. The second-order valence-corrected chi connectivity index (χ2v) is 5.66. The molecular formula is C15H23FN2.